The molecule has 2 heterocycles. The fourth-order valence-electron chi connectivity index (χ4n) is 3.09. The van der Waals surface area contributed by atoms with Gasteiger partial charge in [-0.1, -0.05) is 29.8 Å². The standard InChI is InChI=1S/C18H23N3OS/c1-13-5-7-14(8-6-13)18-20-15(12-23-18)10-17(22)21-9-3-4-16(21)11-19-2/h5-8,12,16,19H,3-4,9-11H2,1-2H3. The van der Waals surface area contributed by atoms with Gasteiger partial charge < -0.3 is 10.2 Å². The predicted octanol–water partition coefficient (Wildman–Crippen LogP) is 2.87. The molecule has 1 aliphatic heterocycles. The van der Waals surface area contributed by atoms with Gasteiger partial charge in [-0.05, 0) is 26.8 Å². The van der Waals surface area contributed by atoms with Crippen molar-refractivity contribution in [3.63, 3.8) is 0 Å². The molecular formula is C18H23N3OS. The Hall–Kier alpha value is -1.72. The number of carbonyl (C=O) groups excluding carboxylic acids is 1. The van der Waals surface area contributed by atoms with Crippen LogP contribution in [0.3, 0.4) is 0 Å². The Bertz CT molecular complexity index is 665. The van der Waals surface area contributed by atoms with E-state index < -0.39 is 0 Å². The maximum atomic E-state index is 12.6. The van der Waals surface area contributed by atoms with Gasteiger partial charge in [0.25, 0.3) is 0 Å². The van der Waals surface area contributed by atoms with E-state index in [4.69, 9.17) is 0 Å². The normalized spacial score (nSPS) is 17.7. The van der Waals surface area contributed by atoms with Crippen molar-refractivity contribution < 1.29 is 4.79 Å². The van der Waals surface area contributed by atoms with Crippen molar-refractivity contribution in [2.75, 3.05) is 20.1 Å². The number of benzene rings is 1. The lowest BCUT2D eigenvalue weighted by atomic mass is 10.2. The lowest BCUT2D eigenvalue weighted by Gasteiger charge is -2.24. The van der Waals surface area contributed by atoms with Gasteiger partial charge in [-0.3, -0.25) is 4.79 Å². The molecule has 23 heavy (non-hydrogen) atoms. The van der Waals surface area contributed by atoms with Crippen molar-refractivity contribution in [3.05, 3.63) is 40.9 Å². The number of hydrogen-bond donors (Lipinski definition) is 1. The van der Waals surface area contributed by atoms with Gasteiger partial charge >= 0.3 is 0 Å². The highest BCUT2D eigenvalue weighted by atomic mass is 32.1. The molecule has 1 unspecified atom stereocenters. The van der Waals surface area contributed by atoms with Crippen LogP contribution in [0.25, 0.3) is 10.6 Å². The first-order chi connectivity index (χ1) is 11.2. The Labute approximate surface area is 141 Å². The molecule has 0 bridgehead atoms. The highest BCUT2D eigenvalue weighted by molar-refractivity contribution is 7.13. The third-order valence-corrected chi connectivity index (χ3v) is 5.26. The van der Waals surface area contributed by atoms with Crippen molar-refractivity contribution in [1.29, 1.82) is 0 Å². The Morgan fingerprint density at radius 1 is 1.39 bits per heavy atom. The summed E-state index contributed by atoms with van der Waals surface area (Å²) in [5.41, 5.74) is 3.24. The molecule has 1 atom stereocenters. The van der Waals surface area contributed by atoms with Crippen molar-refractivity contribution >= 4 is 17.2 Å². The lowest BCUT2D eigenvalue weighted by Crippen LogP contribution is -2.41. The molecule has 1 fully saturated rings. The van der Waals surface area contributed by atoms with Crippen LogP contribution >= 0.6 is 11.3 Å². The molecule has 1 aromatic carbocycles. The van der Waals surface area contributed by atoms with E-state index in [-0.39, 0.29) is 5.91 Å². The first-order valence-corrected chi connectivity index (χ1v) is 9.01. The molecule has 0 spiro atoms. The van der Waals surface area contributed by atoms with Crippen molar-refractivity contribution in [1.82, 2.24) is 15.2 Å². The zero-order valence-corrected chi connectivity index (χ0v) is 14.5. The summed E-state index contributed by atoms with van der Waals surface area (Å²) in [5.74, 6) is 0.198. The highest BCUT2D eigenvalue weighted by Crippen LogP contribution is 2.25. The van der Waals surface area contributed by atoms with Crippen molar-refractivity contribution in [2.45, 2.75) is 32.2 Å². The van der Waals surface area contributed by atoms with Gasteiger partial charge in [0, 0.05) is 30.1 Å². The molecular weight excluding hydrogens is 306 g/mol. The number of likely N-dealkylation sites (tertiary alicyclic amines) is 1. The molecule has 1 amide bonds. The number of hydrogen-bond acceptors (Lipinski definition) is 4. The minimum absolute atomic E-state index is 0.198. The second-order valence-electron chi connectivity index (χ2n) is 6.13. The van der Waals surface area contributed by atoms with Gasteiger partial charge in [0.2, 0.25) is 5.91 Å². The zero-order chi connectivity index (χ0) is 16.2. The Morgan fingerprint density at radius 2 is 2.17 bits per heavy atom. The van der Waals surface area contributed by atoms with Crippen LogP contribution in [0.15, 0.2) is 29.6 Å². The van der Waals surface area contributed by atoms with E-state index in [1.165, 1.54) is 5.56 Å². The number of aromatic nitrogens is 1. The van der Waals surface area contributed by atoms with E-state index in [2.05, 4.69) is 41.5 Å². The van der Waals surface area contributed by atoms with Gasteiger partial charge in [0.05, 0.1) is 12.1 Å². The van der Waals surface area contributed by atoms with E-state index in [1.54, 1.807) is 11.3 Å². The summed E-state index contributed by atoms with van der Waals surface area (Å²) in [5, 5.41) is 6.18. The molecule has 1 aliphatic rings. The molecule has 3 rings (SSSR count). The summed E-state index contributed by atoms with van der Waals surface area (Å²) in [6, 6.07) is 8.69. The molecule has 5 heteroatoms. The van der Waals surface area contributed by atoms with Crippen LogP contribution in [-0.4, -0.2) is 42.0 Å². The smallest absolute Gasteiger partial charge is 0.228 e. The summed E-state index contributed by atoms with van der Waals surface area (Å²) >= 11 is 1.61. The van der Waals surface area contributed by atoms with Crippen LogP contribution < -0.4 is 5.32 Å². The summed E-state index contributed by atoms with van der Waals surface area (Å²) < 4.78 is 0. The van der Waals surface area contributed by atoms with Gasteiger partial charge in [-0.15, -0.1) is 11.3 Å². The maximum absolute atomic E-state index is 12.6. The lowest BCUT2D eigenvalue weighted by molar-refractivity contribution is -0.131. The van der Waals surface area contributed by atoms with Gasteiger partial charge in [0.1, 0.15) is 5.01 Å². The molecule has 122 valence electrons. The average molecular weight is 329 g/mol. The largest absolute Gasteiger partial charge is 0.338 e. The van der Waals surface area contributed by atoms with Crippen molar-refractivity contribution in [3.8, 4) is 10.6 Å². The van der Waals surface area contributed by atoms with Gasteiger partial charge in [-0.2, -0.15) is 0 Å². The third-order valence-electron chi connectivity index (χ3n) is 4.32. The number of carbonyl (C=O) groups is 1. The maximum Gasteiger partial charge on any atom is 0.228 e. The van der Waals surface area contributed by atoms with Crippen LogP contribution in [0.2, 0.25) is 0 Å². The molecule has 2 aromatic rings. The first kappa shape index (κ1) is 16.1. The Morgan fingerprint density at radius 3 is 2.91 bits per heavy atom. The number of amides is 1. The summed E-state index contributed by atoms with van der Waals surface area (Å²) in [6.07, 6.45) is 2.60. The first-order valence-electron chi connectivity index (χ1n) is 8.13. The zero-order valence-electron chi connectivity index (χ0n) is 13.7. The monoisotopic (exact) mass is 329 g/mol. The number of rotatable bonds is 5. The number of nitrogens with one attached hydrogen (secondary N) is 1. The van der Waals surface area contributed by atoms with E-state index in [9.17, 15) is 4.79 Å². The third kappa shape index (κ3) is 3.79. The second-order valence-corrected chi connectivity index (χ2v) is 6.99. The number of thiazole rings is 1. The minimum Gasteiger partial charge on any atom is -0.338 e. The number of aryl methyl sites for hydroxylation is 1. The van der Waals surface area contributed by atoms with E-state index >= 15 is 0 Å². The number of nitrogens with zero attached hydrogens (tertiary/aromatic N) is 2. The number of likely N-dealkylation sites (N-methyl/N-ethyl adjacent to an activating group) is 1. The fraction of sp³-hybridized carbons (Fsp3) is 0.444. The molecule has 0 saturated carbocycles. The fourth-order valence-corrected chi connectivity index (χ4v) is 3.91. The van der Waals surface area contributed by atoms with Crippen LogP contribution in [0.1, 0.15) is 24.1 Å². The molecule has 0 radical (unpaired) electrons. The van der Waals surface area contributed by atoms with Gasteiger partial charge in [-0.25, -0.2) is 4.98 Å². The molecule has 1 saturated heterocycles. The van der Waals surface area contributed by atoms with E-state index in [0.29, 0.717) is 12.5 Å². The van der Waals surface area contributed by atoms with Crippen LogP contribution in [-0.2, 0) is 11.2 Å². The van der Waals surface area contributed by atoms with Crippen LogP contribution in [0.4, 0.5) is 0 Å². The van der Waals surface area contributed by atoms with Gasteiger partial charge in [0.15, 0.2) is 0 Å². The molecule has 4 nitrogen and oxygen atoms in total. The Kier molecular flexibility index (Phi) is 5.08. The quantitative estimate of drug-likeness (QED) is 0.917. The summed E-state index contributed by atoms with van der Waals surface area (Å²) in [6.45, 7) is 3.82. The summed E-state index contributed by atoms with van der Waals surface area (Å²) in [7, 11) is 1.94. The SMILES string of the molecule is CNCC1CCCN1C(=O)Cc1csc(-c2ccc(C)cc2)n1. The molecule has 1 aromatic heterocycles. The van der Waals surface area contributed by atoms with Crippen LogP contribution in [0.5, 0.6) is 0 Å². The highest BCUT2D eigenvalue weighted by Gasteiger charge is 2.28. The summed E-state index contributed by atoms with van der Waals surface area (Å²) in [4.78, 5) is 19.2. The average Bonchev–Trinajstić information content (AvgIpc) is 3.18. The van der Waals surface area contributed by atoms with Crippen LogP contribution in [0, 0.1) is 6.92 Å². The van der Waals surface area contributed by atoms with E-state index in [0.717, 1.165) is 42.2 Å². The van der Waals surface area contributed by atoms with Crippen molar-refractivity contribution in [2.24, 2.45) is 0 Å². The van der Waals surface area contributed by atoms with E-state index in [1.807, 2.05) is 17.3 Å². The molecule has 1 N–H and O–H groups in total. The second kappa shape index (κ2) is 7.23. The predicted molar refractivity (Wildman–Crippen MR) is 94.7 cm³/mol. The topological polar surface area (TPSA) is 45.2 Å². The molecule has 0 aliphatic carbocycles. The Balaban J connectivity index is 1.66. The minimum atomic E-state index is 0.198.